The van der Waals surface area contributed by atoms with Crippen molar-refractivity contribution in [2.24, 2.45) is 10.9 Å². The van der Waals surface area contributed by atoms with Crippen molar-refractivity contribution in [1.29, 1.82) is 0 Å². The molecule has 1 aliphatic carbocycles. The normalized spacial score (nSPS) is 19.1. The molecule has 110 valence electrons. The van der Waals surface area contributed by atoms with Gasteiger partial charge in [0.1, 0.15) is 0 Å². The molecule has 1 saturated carbocycles. The van der Waals surface area contributed by atoms with Gasteiger partial charge in [-0.05, 0) is 37.5 Å². The van der Waals surface area contributed by atoms with Crippen LogP contribution in [0.5, 0.6) is 0 Å². The van der Waals surface area contributed by atoms with Crippen molar-refractivity contribution in [3.05, 3.63) is 29.8 Å². The van der Waals surface area contributed by atoms with Gasteiger partial charge in [-0.2, -0.15) is 4.72 Å². The van der Waals surface area contributed by atoms with Crippen molar-refractivity contribution in [2.45, 2.75) is 43.0 Å². The first kappa shape index (κ1) is 14.8. The number of rotatable bonds is 4. The second-order valence-corrected chi connectivity index (χ2v) is 6.88. The number of nitrogens with zero attached hydrogens (tertiary/aromatic N) is 1. The molecule has 0 unspecified atom stereocenters. The summed E-state index contributed by atoms with van der Waals surface area (Å²) in [6.45, 7) is 1.83. The van der Waals surface area contributed by atoms with E-state index in [9.17, 15) is 8.42 Å². The first-order valence-electron chi connectivity index (χ1n) is 6.48. The van der Waals surface area contributed by atoms with Crippen LogP contribution in [0.1, 0.15) is 31.2 Å². The van der Waals surface area contributed by atoms with Gasteiger partial charge in [-0.25, -0.2) is 8.42 Å². The highest BCUT2D eigenvalue weighted by atomic mass is 32.2. The number of hydrogen-bond donors (Lipinski definition) is 3. The molecule has 1 aromatic carbocycles. The Morgan fingerprint density at radius 1 is 1.40 bits per heavy atom. The molecule has 6 nitrogen and oxygen atoms in total. The van der Waals surface area contributed by atoms with Crippen molar-refractivity contribution in [1.82, 2.24) is 4.72 Å². The predicted molar refractivity (Wildman–Crippen MR) is 76.1 cm³/mol. The molecular weight excluding hydrogens is 278 g/mol. The van der Waals surface area contributed by atoms with Crippen LogP contribution in [0.15, 0.2) is 34.3 Å². The summed E-state index contributed by atoms with van der Waals surface area (Å²) in [5, 5.41) is 11.9. The summed E-state index contributed by atoms with van der Waals surface area (Å²) >= 11 is 0. The zero-order chi connectivity index (χ0) is 14.8. The van der Waals surface area contributed by atoms with Crippen molar-refractivity contribution in [3.63, 3.8) is 0 Å². The monoisotopic (exact) mass is 297 g/mol. The lowest BCUT2D eigenvalue weighted by Gasteiger charge is -2.28. The van der Waals surface area contributed by atoms with Gasteiger partial charge in [0, 0.05) is 0 Å². The third kappa shape index (κ3) is 2.78. The van der Waals surface area contributed by atoms with Crippen LogP contribution in [-0.2, 0) is 10.0 Å². The molecule has 1 aliphatic rings. The minimum Gasteiger partial charge on any atom is -0.409 e. The SMILES string of the molecule is Cc1cccc(S(=O)(=O)NC2(/C(N)=N/O)CCCC2)c1. The molecular formula is C13H19N3O3S. The van der Waals surface area contributed by atoms with E-state index in [0.717, 1.165) is 18.4 Å². The molecule has 1 fully saturated rings. The summed E-state index contributed by atoms with van der Waals surface area (Å²) < 4.78 is 27.5. The Morgan fingerprint density at radius 3 is 2.60 bits per heavy atom. The highest BCUT2D eigenvalue weighted by molar-refractivity contribution is 7.89. The summed E-state index contributed by atoms with van der Waals surface area (Å²) in [7, 11) is -3.70. The average molecular weight is 297 g/mol. The Hall–Kier alpha value is -1.60. The van der Waals surface area contributed by atoms with E-state index in [2.05, 4.69) is 9.88 Å². The van der Waals surface area contributed by atoms with Crippen LogP contribution in [0.4, 0.5) is 0 Å². The van der Waals surface area contributed by atoms with Crippen LogP contribution in [0.3, 0.4) is 0 Å². The molecule has 4 N–H and O–H groups in total. The summed E-state index contributed by atoms with van der Waals surface area (Å²) in [4.78, 5) is 0.189. The van der Waals surface area contributed by atoms with E-state index in [1.807, 2.05) is 13.0 Å². The van der Waals surface area contributed by atoms with E-state index >= 15 is 0 Å². The zero-order valence-corrected chi connectivity index (χ0v) is 12.2. The predicted octanol–water partition coefficient (Wildman–Crippen LogP) is 1.33. The second-order valence-electron chi connectivity index (χ2n) is 5.20. The number of amidine groups is 1. The van der Waals surface area contributed by atoms with Gasteiger partial charge in [-0.1, -0.05) is 30.1 Å². The first-order chi connectivity index (χ1) is 9.39. The topological polar surface area (TPSA) is 105 Å². The molecule has 0 heterocycles. The fraction of sp³-hybridized carbons (Fsp3) is 0.462. The Kier molecular flexibility index (Phi) is 4.01. The number of sulfonamides is 1. The smallest absolute Gasteiger partial charge is 0.241 e. The maximum absolute atomic E-state index is 12.5. The van der Waals surface area contributed by atoms with E-state index in [-0.39, 0.29) is 10.7 Å². The summed E-state index contributed by atoms with van der Waals surface area (Å²) in [6.07, 6.45) is 2.75. The standard InChI is InChI=1S/C13H19N3O3S/c1-10-5-4-6-11(9-10)20(18,19)16-13(12(14)15-17)7-2-3-8-13/h4-6,9,16-17H,2-3,7-8H2,1H3,(H2,14,15). The number of oxime groups is 1. The zero-order valence-electron chi connectivity index (χ0n) is 11.3. The quantitative estimate of drug-likeness (QED) is 0.337. The molecule has 20 heavy (non-hydrogen) atoms. The maximum atomic E-state index is 12.5. The molecule has 7 heteroatoms. The van der Waals surface area contributed by atoms with E-state index in [1.54, 1.807) is 12.1 Å². The van der Waals surface area contributed by atoms with Crippen molar-refractivity contribution in [2.75, 3.05) is 0 Å². The Labute approximate surface area is 118 Å². The number of benzene rings is 1. The molecule has 0 spiro atoms. The molecule has 0 radical (unpaired) electrons. The lowest BCUT2D eigenvalue weighted by atomic mass is 9.98. The Balaban J connectivity index is 2.36. The molecule has 0 atom stereocenters. The fourth-order valence-corrected chi connectivity index (χ4v) is 4.12. The minimum atomic E-state index is -3.70. The average Bonchev–Trinajstić information content (AvgIpc) is 2.87. The largest absolute Gasteiger partial charge is 0.409 e. The third-order valence-corrected chi connectivity index (χ3v) is 5.22. The van der Waals surface area contributed by atoms with E-state index in [4.69, 9.17) is 10.9 Å². The number of nitrogens with two attached hydrogens (primary N) is 1. The van der Waals surface area contributed by atoms with Crippen LogP contribution in [0.25, 0.3) is 0 Å². The number of aryl methyl sites for hydroxylation is 1. The summed E-state index contributed by atoms with van der Waals surface area (Å²) in [5.74, 6) is -0.0776. The molecule has 1 aromatic rings. The van der Waals surface area contributed by atoms with Crippen molar-refractivity contribution >= 4 is 15.9 Å². The lowest BCUT2D eigenvalue weighted by molar-refractivity contribution is 0.309. The van der Waals surface area contributed by atoms with E-state index in [0.29, 0.717) is 12.8 Å². The molecule has 0 amide bonds. The van der Waals surface area contributed by atoms with Crippen LogP contribution < -0.4 is 10.5 Å². The summed E-state index contributed by atoms with van der Waals surface area (Å²) in [6, 6.07) is 6.64. The highest BCUT2D eigenvalue weighted by Crippen LogP contribution is 2.31. The van der Waals surface area contributed by atoms with Crippen LogP contribution in [0.2, 0.25) is 0 Å². The highest BCUT2D eigenvalue weighted by Gasteiger charge is 2.42. The van der Waals surface area contributed by atoms with Crippen LogP contribution in [-0.4, -0.2) is 25.0 Å². The van der Waals surface area contributed by atoms with Gasteiger partial charge < -0.3 is 10.9 Å². The molecule has 2 rings (SSSR count). The van der Waals surface area contributed by atoms with Gasteiger partial charge in [0.15, 0.2) is 5.84 Å². The van der Waals surface area contributed by atoms with E-state index in [1.165, 1.54) is 6.07 Å². The van der Waals surface area contributed by atoms with Crippen LogP contribution in [0, 0.1) is 6.92 Å². The van der Waals surface area contributed by atoms with Gasteiger partial charge in [0.2, 0.25) is 10.0 Å². The van der Waals surface area contributed by atoms with Gasteiger partial charge >= 0.3 is 0 Å². The van der Waals surface area contributed by atoms with Gasteiger partial charge in [0.25, 0.3) is 0 Å². The second kappa shape index (κ2) is 5.41. The molecule has 0 bridgehead atoms. The first-order valence-corrected chi connectivity index (χ1v) is 7.97. The summed E-state index contributed by atoms with van der Waals surface area (Å²) in [5.41, 5.74) is 5.59. The molecule has 0 aliphatic heterocycles. The third-order valence-electron chi connectivity index (χ3n) is 3.68. The minimum absolute atomic E-state index is 0.0776. The lowest BCUT2D eigenvalue weighted by Crippen LogP contribution is -2.55. The van der Waals surface area contributed by atoms with Crippen molar-refractivity contribution < 1.29 is 13.6 Å². The Morgan fingerprint density at radius 2 is 2.05 bits per heavy atom. The van der Waals surface area contributed by atoms with E-state index < -0.39 is 15.6 Å². The van der Waals surface area contributed by atoms with Crippen molar-refractivity contribution in [3.8, 4) is 0 Å². The van der Waals surface area contributed by atoms with Gasteiger partial charge in [-0.3, -0.25) is 0 Å². The molecule has 0 aromatic heterocycles. The maximum Gasteiger partial charge on any atom is 0.241 e. The molecule has 0 saturated heterocycles. The number of nitrogens with one attached hydrogen (secondary N) is 1. The van der Waals surface area contributed by atoms with Crippen LogP contribution >= 0.6 is 0 Å². The fourth-order valence-electron chi connectivity index (χ4n) is 2.58. The van der Waals surface area contributed by atoms with Gasteiger partial charge in [0.05, 0.1) is 10.4 Å². The number of hydrogen-bond acceptors (Lipinski definition) is 4. The van der Waals surface area contributed by atoms with Gasteiger partial charge in [-0.15, -0.1) is 0 Å². The Bertz CT molecular complexity index is 620.